The lowest BCUT2D eigenvalue weighted by atomic mass is 10.1. The lowest BCUT2D eigenvalue weighted by molar-refractivity contribution is -0.0170. The number of aromatic nitrogens is 2. The van der Waals surface area contributed by atoms with Crippen molar-refractivity contribution in [2.75, 3.05) is 12.5 Å². The van der Waals surface area contributed by atoms with Crippen LogP contribution in [-0.2, 0) is 17.9 Å². The molecular formula is C13H15N3O2. The molecule has 0 spiro atoms. The lowest BCUT2D eigenvalue weighted by Crippen LogP contribution is -2.15. The minimum absolute atomic E-state index is 0.294. The van der Waals surface area contributed by atoms with Gasteiger partial charge in [-0.25, -0.2) is 0 Å². The number of ether oxygens (including phenoxy) is 2. The fourth-order valence-electron chi connectivity index (χ4n) is 2.17. The van der Waals surface area contributed by atoms with Gasteiger partial charge in [0.15, 0.2) is 6.79 Å². The van der Waals surface area contributed by atoms with E-state index in [9.17, 15) is 0 Å². The number of hydrogen-bond donors (Lipinski definition) is 1. The van der Waals surface area contributed by atoms with Crippen LogP contribution < -0.4 is 10.5 Å². The Kier molecular flexibility index (Phi) is 2.68. The van der Waals surface area contributed by atoms with E-state index in [1.54, 1.807) is 0 Å². The maximum atomic E-state index is 5.90. The van der Waals surface area contributed by atoms with Crippen LogP contribution in [0.1, 0.15) is 16.8 Å². The van der Waals surface area contributed by atoms with Crippen molar-refractivity contribution < 1.29 is 9.47 Å². The average Bonchev–Trinajstić information content (AvgIpc) is 2.74. The zero-order chi connectivity index (χ0) is 12.5. The summed E-state index contributed by atoms with van der Waals surface area (Å²) in [5.41, 5.74) is 9.66. The van der Waals surface area contributed by atoms with Crippen LogP contribution in [0.15, 0.2) is 24.4 Å². The monoisotopic (exact) mass is 245 g/mol. The molecule has 1 aromatic carbocycles. The van der Waals surface area contributed by atoms with Gasteiger partial charge in [0.25, 0.3) is 0 Å². The summed E-state index contributed by atoms with van der Waals surface area (Å²) in [4.78, 5) is 0. The van der Waals surface area contributed by atoms with E-state index < -0.39 is 0 Å². The van der Waals surface area contributed by atoms with Gasteiger partial charge in [0.2, 0.25) is 0 Å². The molecule has 2 heterocycles. The molecule has 0 bridgehead atoms. The van der Waals surface area contributed by atoms with E-state index in [-0.39, 0.29) is 0 Å². The van der Waals surface area contributed by atoms with Gasteiger partial charge in [-0.05, 0) is 25.1 Å². The van der Waals surface area contributed by atoms with Crippen LogP contribution >= 0.6 is 0 Å². The average molecular weight is 245 g/mol. The molecule has 0 fully saturated rings. The zero-order valence-electron chi connectivity index (χ0n) is 10.2. The van der Waals surface area contributed by atoms with E-state index in [0.29, 0.717) is 19.9 Å². The summed E-state index contributed by atoms with van der Waals surface area (Å²) < 4.78 is 12.7. The molecule has 1 aromatic heterocycles. The topological polar surface area (TPSA) is 62.3 Å². The van der Waals surface area contributed by atoms with Crippen molar-refractivity contribution in [1.82, 2.24) is 9.78 Å². The van der Waals surface area contributed by atoms with Crippen molar-refractivity contribution in [3.05, 3.63) is 41.2 Å². The molecule has 3 rings (SSSR count). The normalized spacial score (nSPS) is 14.1. The number of aryl methyl sites for hydroxylation is 1. The van der Waals surface area contributed by atoms with Gasteiger partial charge in [-0.2, -0.15) is 5.10 Å². The summed E-state index contributed by atoms with van der Waals surface area (Å²) >= 11 is 0. The van der Waals surface area contributed by atoms with Gasteiger partial charge in [-0.1, -0.05) is 0 Å². The van der Waals surface area contributed by atoms with Gasteiger partial charge in [-0.3, -0.25) is 4.68 Å². The summed E-state index contributed by atoms with van der Waals surface area (Å²) in [6.45, 7) is 3.46. The van der Waals surface area contributed by atoms with E-state index in [1.807, 2.05) is 36.0 Å². The lowest BCUT2D eigenvalue weighted by Gasteiger charge is -2.21. The van der Waals surface area contributed by atoms with Gasteiger partial charge in [0.1, 0.15) is 5.75 Å². The van der Waals surface area contributed by atoms with Crippen molar-refractivity contribution in [1.29, 1.82) is 0 Å². The fourth-order valence-corrected chi connectivity index (χ4v) is 2.17. The third-order valence-electron chi connectivity index (χ3n) is 2.92. The van der Waals surface area contributed by atoms with Gasteiger partial charge in [0, 0.05) is 23.0 Å². The first-order valence-corrected chi connectivity index (χ1v) is 5.84. The van der Waals surface area contributed by atoms with E-state index >= 15 is 0 Å². The van der Waals surface area contributed by atoms with Crippen molar-refractivity contribution in [2.24, 2.45) is 0 Å². The minimum atomic E-state index is 0.294. The summed E-state index contributed by atoms with van der Waals surface area (Å²) in [5.74, 6) is 0.878. The molecule has 0 aliphatic carbocycles. The third-order valence-corrected chi connectivity index (χ3v) is 2.92. The fraction of sp³-hybridized carbons (Fsp3) is 0.308. The number of hydrogen-bond acceptors (Lipinski definition) is 4. The van der Waals surface area contributed by atoms with Gasteiger partial charge in [-0.15, -0.1) is 0 Å². The Hall–Kier alpha value is -2.01. The Morgan fingerprint density at radius 2 is 2.33 bits per heavy atom. The standard InChI is InChI=1S/C13H15N3O2/c1-9-2-3-16(15-9)6-10-4-12(14)5-11-7-17-8-18-13(10)11/h2-5H,6-8,14H2,1H3. The van der Waals surface area contributed by atoms with E-state index in [1.165, 1.54) is 0 Å². The number of nitrogens with two attached hydrogens (primary N) is 1. The SMILES string of the molecule is Cc1ccn(Cc2cc(N)cc3c2OCOC3)n1. The molecule has 2 aromatic rings. The molecule has 0 saturated heterocycles. The largest absolute Gasteiger partial charge is 0.467 e. The highest BCUT2D eigenvalue weighted by atomic mass is 16.7. The Labute approximate surface area is 105 Å². The molecule has 18 heavy (non-hydrogen) atoms. The number of fused-ring (bicyclic) bond motifs is 1. The Morgan fingerprint density at radius 3 is 3.11 bits per heavy atom. The predicted octanol–water partition coefficient (Wildman–Crippen LogP) is 1.69. The molecule has 0 amide bonds. The van der Waals surface area contributed by atoms with E-state index in [0.717, 1.165) is 28.3 Å². The highest BCUT2D eigenvalue weighted by molar-refractivity contribution is 5.53. The summed E-state index contributed by atoms with van der Waals surface area (Å²) in [6.07, 6.45) is 1.95. The summed E-state index contributed by atoms with van der Waals surface area (Å²) in [6, 6.07) is 5.80. The van der Waals surface area contributed by atoms with E-state index in [2.05, 4.69) is 5.10 Å². The number of nitrogens with zero attached hydrogens (tertiary/aromatic N) is 2. The summed E-state index contributed by atoms with van der Waals surface area (Å²) in [5, 5.41) is 4.37. The number of rotatable bonds is 2. The first kappa shape index (κ1) is 11.1. The molecule has 0 atom stereocenters. The van der Waals surface area contributed by atoms with Crippen molar-refractivity contribution >= 4 is 5.69 Å². The number of anilines is 1. The zero-order valence-corrected chi connectivity index (χ0v) is 10.2. The second kappa shape index (κ2) is 4.34. The Balaban J connectivity index is 1.98. The highest BCUT2D eigenvalue weighted by Gasteiger charge is 2.16. The van der Waals surface area contributed by atoms with Crippen LogP contribution in [0, 0.1) is 6.92 Å². The Bertz CT molecular complexity index is 578. The quantitative estimate of drug-likeness (QED) is 0.818. The van der Waals surface area contributed by atoms with E-state index in [4.69, 9.17) is 15.2 Å². The first-order valence-electron chi connectivity index (χ1n) is 5.84. The van der Waals surface area contributed by atoms with Crippen LogP contribution in [0.25, 0.3) is 0 Å². The molecule has 94 valence electrons. The molecular weight excluding hydrogens is 230 g/mol. The highest BCUT2D eigenvalue weighted by Crippen LogP contribution is 2.31. The minimum Gasteiger partial charge on any atom is -0.467 e. The van der Waals surface area contributed by atoms with Gasteiger partial charge < -0.3 is 15.2 Å². The predicted molar refractivity (Wildman–Crippen MR) is 67.2 cm³/mol. The van der Waals surface area contributed by atoms with Crippen molar-refractivity contribution in [3.63, 3.8) is 0 Å². The van der Waals surface area contributed by atoms with Crippen LogP contribution in [0.5, 0.6) is 5.75 Å². The maximum Gasteiger partial charge on any atom is 0.189 e. The smallest absolute Gasteiger partial charge is 0.189 e. The molecule has 1 aliphatic heterocycles. The van der Waals surface area contributed by atoms with Crippen molar-refractivity contribution in [2.45, 2.75) is 20.1 Å². The van der Waals surface area contributed by atoms with Gasteiger partial charge in [0.05, 0.1) is 18.8 Å². The van der Waals surface area contributed by atoms with Crippen LogP contribution in [0.3, 0.4) is 0 Å². The molecule has 5 nitrogen and oxygen atoms in total. The number of nitrogen functional groups attached to an aromatic ring is 1. The molecule has 0 saturated carbocycles. The first-order chi connectivity index (χ1) is 8.72. The van der Waals surface area contributed by atoms with Crippen LogP contribution in [-0.4, -0.2) is 16.6 Å². The molecule has 1 aliphatic rings. The third kappa shape index (κ3) is 2.04. The summed E-state index contributed by atoms with van der Waals surface area (Å²) in [7, 11) is 0. The van der Waals surface area contributed by atoms with Crippen LogP contribution in [0.2, 0.25) is 0 Å². The maximum absolute atomic E-state index is 5.90. The second-order valence-electron chi connectivity index (χ2n) is 4.43. The molecule has 0 radical (unpaired) electrons. The second-order valence-corrected chi connectivity index (χ2v) is 4.43. The van der Waals surface area contributed by atoms with Crippen molar-refractivity contribution in [3.8, 4) is 5.75 Å². The Morgan fingerprint density at radius 1 is 1.44 bits per heavy atom. The molecule has 5 heteroatoms. The van der Waals surface area contributed by atoms with Crippen LogP contribution in [0.4, 0.5) is 5.69 Å². The van der Waals surface area contributed by atoms with Gasteiger partial charge >= 0.3 is 0 Å². The molecule has 2 N–H and O–H groups in total. The number of benzene rings is 1. The molecule has 0 unspecified atom stereocenters.